The predicted octanol–water partition coefficient (Wildman–Crippen LogP) is 2.96. The van der Waals surface area contributed by atoms with Crippen molar-refractivity contribution >= 4 is 11.9 Å². The van der Waals surface area contributed by atoms with Crippen LogP contribution in [0.15, 0.2) is 0 Å². The molecule has 3 aliphatic rings. The smallest absolute Gasteiger partial charge is 0.276 e. The second kappa shape index (κ2) is 6.57. The number of nitrogens with zero attached hydrogens (tertiary/aromatic N) is 1. The van der Waals surface area contributed by atoms with Gasteiger partial charge in [-0.25, -0.2) is 10.2 Å². The average molecular weight is 307 g/mol. The quantitative estimate of drug-likeness (QED) is 0.771. The zero-order valence-corrected chi connectivity index (χ0v) is 13.7. The van der Waals surface area contributed by atoms with Gasteiger partial charge in [0.1, 0.15) is 0 Å². The van der Waals surface area contributed by atoms with Gasteiger partial charge in [-0.3, -0.25) is 15.1 Å². The first-order valence-electron chi connectivity index (χ1n) is 8.95. The lowest BCUT2D eigenvalue weighted by molar-refractivity contribution is -0.122. The second-order valence-electron chi connectivity index (χ2n) is 7.63. The summed E-state index contributed by atoms with van der Waals surface area (Å²) in [4.78, 5) is 23.3. The molecule has 3 amide bonds. The fourth-order valence-electron chi connectivity index (χ4n) is 4.72. The van der Waals surface area contributed by atoms with Gasteiger partial charge in [0.15, 0.2) is 0 Å². The van der Waals surface area contributed by atoms with Crippen molar-refractivity contribution < 1.29 is 9.59 Å². The van der Waals surface area contributed by atoms with Gasteiger partial charge in [0, 0.05) is 0 Å². The van der Waals surface area contributed by atoms with Crippen LogP contribution in [0.5, 0.6) is 0 Å². The fraction of sp³-hybridized carbons (Fsp3) is 0.882. The van der Waals surface area contributed by atoms with E-state index in [0.29, 0.717) is 5.41 Å². The maximum absolute atomic E-state index is 12.0. The summed E-state index contributed by atoms with van der Waals surface area (Å²) in [6.07, 6.45) is 12.7. The number of hydrogen-bond donors (Lipinski definition) is 2. The van der Waals surface area contributed by atoms with Crippen molar-refractivity contribution in [1.29, 1.82) is 0 Å². The first-order chi connectivity index (χ1) is 10.6. The molecule has 2 unspecified atom stereocenters. The minimum Gasteiger partial charge on any atom is -0.276 e. The van der Waals surface area contributed by atoms with E-state index in [4.69, 9.17) is 0 Å². The molecule has 5 nitrogen and oxygen atoms in total. The Morgan fingerprint density at radius 3 is 2.50 bits per heavy atom. The molecule has 22 heavy (non-hydrogen) atoms. The van der Waals surface area contributed by atoms with Crippen molar-refractivity contribution in [3.05, 3.63) is 0 Å². The summed E-state index contributed by atoms with van der Waals surface area (Å²) in [5.41, 5.74) is 3.44. The Kier molecular flexibility index (Phi) is 4.71. The zero-order valence-electron chi connectivity index (χ0n) is 13.7. The van der Waals surface area contributed by atoms with Gasteiger partial charge < -0.3 is 0 Å². The lowest BCUT2D eigenvalue weighted by atomic mass is 9.66. The molecule has 5 heteroatoms. The van der Waals surface area contributed by atoms with E-state index >= 15 is 0 Å². The minimum absolute atomic E-state index is 0.210. The molecule has 2 N–H and O–H groups in total. The van der Waals surface area contributed by atoms with Crippen LogP contribution in [-0.4, -0.2) is 29.5 Å². The van der Waals surface area contributed by atoms with E-state index in [2.05, 4.69) is 17.7 Å². The Hall–Kier alpha value is -1.10. The summed E-state index contributed by atoms with van der Waals surface area (Å²) in [7, 11) is 0. The molecule has 124 valence electrons. The second-order valence-corrected chi connectivity index (χ2v) is 7.63. The molecule has 0 aromatic rings. The molecule has 0 radical (unpaired) electrons. The van der Waals surface area contributed by atoms with E-state index < -0.39 is 0 Å². The molecule has 1 saturated heterocycles. The van der Waals surface area contributed by atoms with Crippen molar-refractivity contribution in [2.24, 2.45) is 11.3 Å². The van der Waals surface area contributed by atoms with Crippen molar-refractivity contribution in [1.82, 2.24) is 15.8 Å². The van der Waals surface area contributed by atoms with Gasteiger partial charge in [-0.2, -0.15) is 0 Å². The molecule has 2 aliphatic carbocycles. The number of nitrogens with one attached hydrogen (secondary N) is 2. The molecule has 2 atom stereocenters. The topological polar surface area (TPSA) is 61.4 Å². The number of rotatable bonds is 2. The largest absolute Gasteiger partial charge is 0.338 e. The van der Waals surface area contributed by atoms with Gasteiger partial charge in [0.25, 0.3) is 0 Å². The van der Waals surface area contributed by atoms with Crippen molar-refractivity contribution in [2.75, 3.05) is 6.54 Å². The van der Waals surface area contributed by atoms with Crippen LogP contribution in [0, 0.1) is 11.3 Å². The number of hydrazine groups is 1. The molecule has 1 heterocycles. The monoisotopic (exact) mass is 307 g/mol. The fourth-order valence-corrected chi connectivity index (χ4v) is 4.72. The number of imide groups is 1. The van der Waals surface area contributed by atoms with Crippen LogP contribution in [0.3, 0.4) is 0 Å². The lowest BCUT2D eigenvalue weighted by Crippen LogP contribution is -2.62. The first kappa shape index (κ1) is 15.8. The molecular weight excluding hydrogens is 278 g/mol. The van der Waals surface area contributed by atoms with E-state index in [9.17, 15) is 9.59 Å². The van der Waals surface area contributed by atoms with Crippen LogP contribution < -0.4 is 10.7 Å². The van der Waals surface area contributed by atoms with E-state index in [0.717, 1.165) is 18.8 Å². The van der Waals surface area contributed by atoms with Gasteiger partial charge in [-0.1, -0.05) is 32.6 Å². The molecule has 3 rings (SSSR count). The zero-order chi connectivity index (χ0) is 15.6. The number of amides is 3. The maximum Gasteiger partial charge on any atom is 0.338 e. The Morgan fingerprint density at radius 2 is 1.77 bits per heavy atom. The van der Waals surface area contributed by atoms with E-state index in [1.807, 2.05) is 0 Å². The third-order valence-corrected chi connectivity index (χ3v) is 6.16. The molecule has 3 fully saturated rings. The highest BCUT2D eigenvalue weighted by Crippen LogP contribution is 2.47. The molecule has 0 aromatic heterocycles. The van der Waals surface area contributed by atoms with Gasteiger partial charge >= 0.3 is 6.03 Å². The summed E-state index contributed by atoms with van der Waals surface area (Å²) in [5.74, 6) is 0.631. The lowest BCUT2D eigenvalue weighted by Gasteiger charge is -2.40. The highest BCUT2D eigenvalue weighted by atomic mass is 16.2. The minimum atomic E-state index is -0.275. The van der Waals surface area contributed by atoms with E-state index in [-0.39, 0.29) is 24.5 Å². The molecule has 2 saturated carbocycles. The normalized spacial score (nSPS) is 35.1. The number of urea groups is 1. The van der Waals surface area contributed by atoms with Crippen LogP contribution in [-0.2, 0) is 4.79 Å². The maximum atomic E-state index is 12.0. The van der Waals surface area contributed by atoms with Crippen LogP contribution >= 0.6 is 0 Å². The number of carbonyl (C=O) groups is 2. The molecule has 0 aromatic carbocycles. The van der Waals surface area contributed by atoms with Crippen LogP contribution in [0.1, 0.15) is 71.1 Å². The van der Waals surface area contributed by atoms with Crippen LogP contribution in [0.4, 0.5) is 4.79 Å². The van der Waals surface area contributed by atoms with Crippen LogP contribution in [0.25, 0.3) is 0 Å². The standard InChI is InChI=1S/C17H29N3O2/c1-17(13-6-3-2-4-7-13)10-5-8-14(9-11-17)20-16(22)19-15(21)12-18-20/h13-14,18H,2-12H2,1H3,(H,19,21,22). The molecular formula is C17H29N3O2. The summed E-state index contributed by atoms with van der Waals surface area (Å²) >= 11 is 0. The van der Waals surface area contributed by atoms with Gasteiger partial charge in [0.2, 0.25) is 5.91 Å². The SMILES string of the molecule is CC1(C2CCCCC2)CCCC(N2NCC(=O)NC2=O)CC1. The third-order valence-electron chi connectivity index (χ3n) is 6.16. The molecule has 0 spiro atoms. The molecule has 1 aliphatic heterocycles. The van der Waals surface area contributed by atoms with E-state index in [1.165, 1.54) is 51.4 Å². The Bertz CT molecular complexity index is 434. The van der Waals surface area contributed by atoms with Crippen molar-refractivity contribution in [2.45, 2.75) is 77.2 Å². The van der Waals surface area contributed by atoms with Crippen molar-refractivity contribution in [3.63, 3.8) is 0 Å². The summed E-state index contributed by atoms with van der Waals surface area (Å²) in [6, 6.07) is -0.0546. The van der Waals surface area contributed by atoms with E-state index in [1.54, 1.807) is 5.01 Å². The Morgan fingerprint density at radius 1 is 1.00 bits per heavy atom. The Balaban J connectivity index is 1.61. The number of carbonyl (C=O) groups excluding carboxylic acids is 2. The van der Waals surface area contributed by atoms with Gasteiger partial charge in [-0.15, -0.1) is 0 Å². The first-order valence-corrected chi connectivity index (χ1v) is 8.95. The molecule has 0 bridgehead atoms. The Labute approximate surface area is 133 Å². The van der Waals surface area contributed by atoms with Gasteiger partial charge in [0.05, 0.1) is 12.6 Å². The van der Waals surface area contributed by atoms with Crippen LogP contribution in [0.2, 0.25) is 0 Å². The summed E-state index contributed by atoms with van der Waals surface area (Å²) in [5, 5.41) is 4.09. The number of hydrogen-bond acceptors (Lipinski definition) is 3. The highest BCUT2D eigenvalue weighted by Gasteiger charge is 2.39. The summed E-state index contributed by atoms with van der Waals surface area (Å²) in [6.45, 7) is 2.68. The van der Waals surface area contributed by atoms with Crippen molar-refractivity contribution in [3.8, 4) is 0 Å². The highest BCUT2D eigenvalue weighted by molar-refractivity contribution is 5.97. The predicted molar refractivity (Wildman–Crippen MR) is 84.9 cm³/mol. The summed E-state index contributed by atoms with van der Waals surface area (Å²) < 4.78 is 0. The third kappa shape index (κ3) is 3.29. The average Bonchev–Trinajstić information content (AvgIpc) is 2.71. The van der Waals surface area contributed by atoms with Gasteiger partial charge in [-0.05, 0) is 49.9 Å².